The van der Waals surface area contributed by atoms with Crippen LogP contribution in [-0.4, -0.2) is 67.5 Å². The quantitative estimate of drug-likeness (QED) is 0.868. The first-order valence-electron chi connectivity index (χ1n) is 9.48. The van der Waals surface area contributed by atoms with E-state index in [-0.39, 0.29) is 23.8 Å². The molecule has 0 aliphatic carbocycles. The number of likely N-dealkylation sites (tertiary alicyclic amines) is 2. The van der Waals surface area contributed by atoms with Crippen LogP contribution < -0.4 is 10.1 Å². The number of hydrogen-bond acceptors (Lipinski definition) is 4. The monoisotopic (exact) mass is 359 g/mol. The fraction of sp³-hybridized carbons (Fsp3) is 0.600. The minimum absolute atomic E-state index is 0.00811. The van der Waals surface area contributed by atoms with Gasteiger partial charge in [0, 0.05) is 45.1 Å². The van der Waals surface area contributed by atoms with Crippen LogP contribution in [0, 0.1) is 0 Å². The number of carbonyl (C=O) groups excluding carboxylic acids is 2. The SMILES string of the molecule is COc1cccc([C@@H]2CN(CC(=O)N3CCCCC3)C[C@H]2NC(C)=O)c1. The summed E-state index contributed by atoms with van der Waals surface area (Å²) in [6.45, 7) is 5.18. The standard InChI is InChI=1S/C20H29N3O3/c1-15(24)21-19-13-22(14-20(25)23-9-4-3-5-10-23)12-18(19)16-7-6-8-17(11-16)26-2/h6-8,11,18-19H,3-5,9-10,12-14H2,1-2H3,(H,21,24)/t18-,19+/m0/s1. The highest BCUT2D eigenvalue weighted by atomic mass is 16.5. The average molecular weight is 359 g/mol. The maximum Gasteiger partial charge on any atom is 0.236 e. The topological polar surface area (TPSA) is 61.9 Å². The Balaban J connectivity index is 1.69. The van der Waals surface area contributed by atoms with Crippen molar-refractivity contribution in [2.75, 3.05) is 39.8 Å². The molecule has 2 atom stereocenters. The molecular formula is C20H29N3O3. The lowest BCUT2D eigenvalue weighted by atomic mass is 9.94. The third-order valence-corrected chi connectivity index (χ3v) is 5.37. The summed E-state index contributed by atoms with van der Waals surface area (Å²) in [5.41, 5.74) is 1.14. The molecular weight excluding hydrogens is 330 g/mol. The molecule has 2 heterocycles. The summed E-state index contributed by atoms with van der Waals surface area (Å²) in [4.78, 5) is 28.4. The molecule has 2 aliphatic rings. The lowest BCUT2D eigenvalue weighted by Crippen LogP contribution is -2.43. The predicted octanol–water partition coefficient (Wildman–Crippen LogP) is 1.61. The van der Waals surface area contributed by atoms with Gasteiger partial charge < -0.3 is 15.0 Å². The van der Waals surface area contributed by atoms with Crippen molar-refractivity contribution in [1.29, 1.82) is 0 Å². The highest BCUT2D eigenvalue weighted by Crippen LogP contribution is 2.30. The van der Waals surface area contributed by atoms with Gasteiger partial charge in [-0.2, -0.15) is 0 Å². The number of hydrogen-bond donors (Lipinski definition) is 1. The molecule has 3 rings (SSSR count). The van der Waals surface area contributed by atoms with E-state index < -0.39 is 0 Å². The molecule has 0 aromatic heterocycles. The molecule has 2 aliphatic heterocycles. The van der Waals surface area contributed by atoms with Gasteiger partial charge in [0.15, 0.2) is 0 Å². The van der Waals surface area contributed by atoms with Crippen LogP contribution in [0.3, 0.4) is 0 Å². The zero-order valence-corrected chi connectivity index (χ0v) is 15.7. The molecule has 6 heteroatoms. The normalized spacial score (nSPS) is 23.7. The van der Waals surface area contributed by atoms with Crippen LogP contribution >= 0.6 is 0 Å². The molecule has 1 aromatic carbocycles. The molecule has 2 fully saturated rings. The number of benzene rings is 1. The van der Waals surface area contributed by atoms with Gasteiger partial charge in [0.05, 0.1) is 13.7 Å². The zero-order chi connectivity index (χ0) is 18.5. The summed E-state index contributed by atoms with van der Waals surface area (Å²) in [6, 6.07) is 7.99. The Bertz CT molecular complexity index is 643. The Morgan fingerprint density at radius 1 is 1.19 bits per heavy atom. The highest BCUT2D eigenvalue weighted by Gasteiger charge is 2.36. The third kappa shape index (κ3) is 4.55. The minimum Gasteiger partial charge on any atom is -0.497 e. The van der Waals surface area contributed by atoms with Gasteiger partial charge >= 0.3 is 0 Å². The van der Waals surface area contributed by atoms with Gasteiger partial charge in [0.2, 0.25) is 11.8 Å². The van der Waals surface area contributed by atoms with Crippen LogP contribution in [0.25, 0.3) is 0 Å². The van der Waals surface area contributed by atoms with Crippen LogP contribution in [0.15, 0.2) is 24.3 Å². The second-order valence-corrected chi connectivity index (χ2v) is 7.33. The summed E-state index contributed by atoms with van der Waals surface area (Å²) < 4.78 is 5.34. The molecule has 0 unspecified atom stereocenters. The van der Waals surface area contributed by atoms with Gasteiger partial charge in [-0.3, -0.25) is 14.5 Å². The number of carbonyl (C=O) groups is 2. The van der Waals surface area contributed by atoms with E-state index in [1.165, 1.54) is 6.42 Å². The molecule has 2 saturated heterocycles. The summed E-state index contributed by atoms with van der Waals surface area (Å²) in [5.74, 6) is 1.14. The largest absolute Gasteiger partial charge is 0.497 e. The molecule has 142 valence electrons. The molecule has 1 aromatic rings. The lowest BCUT2D eigenvalue weighted by molar-refractivity contribution is -0.133. The molecule has 0 saturated carbocycles. The van der Waals surface area contributed by atoms with Crippen molar-refractivity contribution in [2.24, 2.45) is 0 Å². The molecule has 26 heavy (non-hydrogen) atoms. The maximum absolute atomic E-state index is 12.6. The number of ether oxygens (including phenoxy) is 1. The zero-order valence-electron chi connectivity index (χ0n) is 15.7. The van der Waals surface area contributed by atoms with E-state index in [0.29, 0.717) is 13.1 Å². The summed E-state index contributed by atoms with van der Waals surface area (Å²) in [7, 11) is 1.66. The second-order valence-electron chi connectivity index (χ2n) is 7.33. The van der Waals surface area contributed by atoms with Crippen molar-refractivity contribution < 1.29 is 14.3 Å². The van der Waals surface area contributed by atoms with E-state index >= 15 is 0 Å². The third-order valence-electron chi connectivity index (χ3n) is 5.37. The fourth-order valence-electron chi connectivity index (χ4n) is 4.07. The average Bonchev–Trinajstić information content (AvgIpc) is 3.04. The van der Waals surface area contributed by atoms with Gasteiger partial charge in [-0.1, -0.05) is 12.1 Å². The number of methoxy groups -OCH3 is 1. The Morgan fingerprint density at radius 3 is 2.65 bits per heavy atom. The van der Waals surface area contributed by atoms with Crippen molar-refractivity contribution in [3.63, 3.8) is 0 Å². The fourth-order valence-corrected chi connectivity index (χ4v) is 4.07. The first-order chi connectivity index (χ1) is 12.6. The first kappa shape index (κ1) is 18.7. The Labute approximate surface area is 155 Å². The van der Waals surface area contributed by atoms with E-state index in [1.807, 2.05) is 23.1 Å². The van der Waals surface area contributed by atoms with E-state index in [1.54, 1.807) is 14.0 Å². The first-order valence-corrected chi connectivity index (χ1v) is 9.48. The summed E-state index contributed by atoms with van der Waals surface area (Å²) in [5, 5.41) is 3.06. The molecule has 2 amide bonds. The molecule has 1 N–H and O–H groups in total. The number of piperidine rings is 1. The van der Waals surface area contributed by atoms with E-state index in [2.05, 4.69) is 16.3 Å². The molecule has 0 radical (unpaired) electrons. The van der Waals surface area contributed by atoms with Gasteiger partial charge in [0.25, 0.3) is 0 Å². The Hall–Kier alpha value is -2.08. The van der Waals surface area contributed by atoms with Crippen LogP contribution in [-0.2, 0) is 9.59 Å². The van der Waals surface area contributed by atoms with Crippen LogP contribution in [0.1, 0.15) is 37.7 Å². The number of nitrogens with one attached hydrogen (secondary N) is 1. The summed E-state index contributed by atoms with van der Waals surface area (Å²) >= 11 is 0. The highest BCUT2D eigenvalue weighted by molar-refractivity contribution is 5.78. The van der Waals surface area contributed by atoms with Gasteiger partial charge in [0.1, 0.15) is 5.75 Å². The smallest absolute Gasteiger partial charge is 0.236 e. The maximum atomic E-state index is 12.6. The Morgan fingerprint density at radius 2 is 1.96 bits per heavy atom. The lowest BCUT2D eigenvalue weighted by Gasteiger charge is -2.28. The van der Waals surface area contributed by atoms with Crippen molar-refractivity contribution in [3.8, 4) is 5.75 Å². The van der Waals surface area contributed by atoms with Crippen LogP contribution in [0.2, 0.25) is 0 Å². The molecule has 6 nitrogen and oxygen atoms in total. The molecule has 0 bridgehead atoms. The van der Waals surface area contributed by atoms with Crippen molar-refractivity contribution in [3.05, 3.63) is 29.8 Å². The van der Waals surface area contributed by atoms with E-state index in [9.17, 15) is 9.59 Å². The van der Waals surface area contributed by atoms with Gasteiger partial charge in [-0.15, -0.1) is 0 Å². The van der Waals surface area contributed by atoms with Crippen molar-refractivity contribution in [2.45, 2.75) is 38.1 Å². The minimum atomic E-state index is -0.0351. The van der Waals surface area contributed by atoms with Gasteiger partial charge in [-0.05, 0) is 37.0 Å². The number of nitrogens with zero attached hydrogens (tertiary/aromatic N) is 2. The Kier molecular flexibility index (Phi) is 6.14. The van der Waals surface area contributed by atoms with Gasteiger partial charge in [-0.25, -0.2) is 0 Å². The summed E-state index contributed by atoms with van der Waals surface area (Å²) in [6.07, 6.45) is 3.43. The number of amides is 2. The van der Waals surface area contributed by atoms with E-state index in [0.717, 1.165) is 43.8 Å². The number of rotatable bonds is 5. The van der Waals surface area contributed by atoms with Crippen LogP contribution in [0.5, 0.6) is 5.75 Å². The second kappa shape index (κ2) is 8.54. The van der Waals surface area contributed by atoms with E-state index in [4.69, 9.17) is 4.74 Å². The molecule has 0 spiro atoms. The van der Waals surface area contributed by atoms with Crippen molar-refractivity contribution in [1.82, 2.24) is 15.1 Å². The van der Waals surface area contributed by atoms with Crippen molar-refractivity contribution >= 4 is 11.8 Å². The predicted molar refractivity (Wildman–Crippen MR) is 100 cm³/mol. The van der Waals surface area contributed by atoms with Crippen LogP contribution in [0.4, 0.5) is 0 Å².